The Hall–Kier alpha value is -2.06. The topological polar surface area (TPSA) is 58.5 Å². The predicted molar refractivity (Wildman–Crippen MR) is 102 cm³/mol. The minimum Gasteiger partial charge on any atom is -0.496 e. The zero-order valence-corrected chi connectivity index (χ0v) is 16.8. The van der Waals surface area contributed by atoms with Gasteiger partial charge in [-0.05, 0) is 37.8 Å². The van der Waals surface area contributed by atoms with E-state index in [0.717, 1.165) is 12.8 Å². The molecule has 0 bridgehead atoms. The van der Waals surface area contributed by atoms with E-state index in [1.807, 2.05) is 4.90 Å². The maximum Gasteiger partial charge on any atom is 0.434 e. The first kappa shape index (κ1) is 20.2. The molecule has 1 spiro atoms. The molecule has 0 radical (unpaired) electrons. The third-order valence-electron chi connectivity index (χ3n) is 6.21. The number of alkyl halides is 3. The Morgan fingerprint density at radius 3 is 2.55 bits per heavy atom. The molecule has 2 aliphatic rings. The monoisotopic (exact) mass is 427 g/mol. The van der Waals surface area contributed by atoms with Crippen LogP contribution in [0.25, 0.3) is 0 Å². The van der Waals surface area contributed by atoms with E-state index in [0.29, 0.717) is 30.1 Å². The number of aromatic nitrogens is 2. The summed E-state index contributed by atoms with van der Waals surface area (Å²) in [6, 6.07) is 3.04. The van der Waals surface area contributed by atoms with Crippen molar-refractivity contribution in [3.63, 3.8) is 0 Å². The fourth-order valence-electron chi connectivity index (χ4n) is 4.56. The van der Waals surface area contributed by atoms with Crippen molar-refractivity contribution in [3.8, 4) is 5.75 Å². The van der Waals surface area contributed by atoms with E-state index in [-0.39, 0.29) is 11.3 Å². The molecule has 156 valence electrons. The number of pyridine rings is 2. The summed E-state index contributed by atoms with van der Waals surface area (Å²) in [6.07, 6.45) is 1.54. The van der Waals surface area contributed by atoms with Crippen molar-refractivity contribution in [2.24, 2.45) is 11.3 Å². The molecular formula is C20H21ClF3N3O2. The van der Waals surface area contributed by atoms with Gasteiger partial charge >= 0.3 is 6.18 Å². The fraction of sp³-hybridized carbons (Fsp3) is 0.500. The Labute approximate surface area is 171 Å². The van der Waals surface area contributed by atoms with Crippen LogP contribution in [-0.2, 0) is 11.8 Å². The van der Waals surface area contributed by atoms with Crippen LogP contribution in [0, 0.1) is 11.3 Å². The van der Waals surface area contributed by atoms with E-state index in [2.05, 4.69) is 9.97 Å². The van der Waals surface area contributed by atoms with Gasteiger partial charge in [-0.1, -0.05) is 11.6 Å². The number of hydrogen-bond acceptors (Lipinski definition) is 5. The molecule has 2 aromatic heterocycles. The summed E-state index contributed by atoms with van der Waals surface area (Å²) < 4.78 is 43.8. The van der Waals surface area contributed by atoms with Gasteiger partial charge in [0.15, 0.2) is 5.69 Å². The summed E-state index contributed by atoms with van der Waals surface area (Å²) in [5, 5.41) is 10.7. The van der Waals surface area contributed by atoms with E-state index in [1.54, 1.807) is 32.5 Å². The van der Waals surface area contributed by atoms with Gasteiger partial charge < -0.3 is 14.7 Å². The summed E-state index contributed by atoms with van der Waals surface area (Å²) in [5.41, 5.74) is -0.831. The van der Waals surface area contributed by atoms with Gasteiger partial charge in [0.1, 0.15) is 5.75 Å². The summed E-state index contributed by atoms with van der Waals surface area (Å²) in [6.45, 7) is 3.18. The van der Waals surface area contributed by atoms with Crippen molar-refractivity contribution in [2.75, 3.05) is 25.1 Å². The number of nitrogens with zero attached hydrogens (tertiary/aromatic N) is 3. The molecule has 3 heterocycles. The standard InChI is InChI=1S/C20H21ClF3N3O2/c1-18(28,14-9-25-4-3-16(14)29-2)12-6-19(7-12)10-27(11-19)13-5-15(21)17(26-8-13)20(22,23)24/h3-5,8-9,12,28H,6-7,10-11H2,1-2H3. The molecule has 2 aromatic rings. The van der Waals surface area contributed by atoms with Crippen molar-refractivity contribution in [3.05, 3.63) is 47.0 Å². The highest BCUT2D eigenvalue weighted by atomic mass is 35.5. The van der Waals surface area contributed by atoms with Gasteiger partial charge in [-0.2, -0.15) is 13.2 Å². The molecular weight excluding hydrogens is 407 g/mol. The predicted octanol–water partition coefficient (Wildman–Crippen LogP) is 4.28. The molecule has 1 unspecified atom stereocenters. The second-order valence-electron chi connectivity index (χ2n) is 8.21. The number of halogens is 4. The molecule has 1 saturated carbocycles. The first-order chi connectivity index (χ1) is 13.6. The Morgan fingerprint density at radius 2 is 1.97 bits per heavy atom. The zero-order chi connectivity index (χ0) is 21.0. The lowest BCUT2D eigenvalue weighted by atomic mass is 9.53. The highest BCUT2D eigenvalue weighted by Gasteiger charge is 2.57. The van der Waals surface area contributed by atoms with Crippen molar-refractivity contribution >= 4 is 17.3 Å². The first-order valence-corrected chi connectivity index (χ1v) is 9.62. The van der Waals surface area contributed by atoms with Crippen LogP contribution >= 0.6 is 11.6 Å². The molecule has 9 heteroatoms. The third-order valence-corrected chi connectivity index (χ3v) is 6.50. The fourth-order valence-corrected chi connectivity index (χ4v) is 4.82. The number of anilines is 1. The van der Waals surface area contributed by atoms with Crippen LogP contribution in [0.1, 0.15) is 31.0 Å². The summed E-state index contributed by atoms with van der Waals surface area (Å²) in [5.74, 6) is 0.656. The highest BCUT2D eigenvalue weighted by molar-refractivity contribution is 6.31. The van der Waals surface area contributed by atoms with E-state index in [1.165, 1.54) is 12.3 Å². The molecule has 2 fully saturated rings. The Kier molecular flexibility index (Phi) is 4.70. The van der Waals surface area contributed by atoms with E-state index >= 15 is 0 Å². The average Bonchev–Trinajstić information content (AvgIpc) is 2.58. The molecule has 1 aliphatic heterocycles. The molecule has 4 rings (SSSR count). The molecule has 5 nitrogen and oxygen atoms in total. The van der Waals surface area contributed by atoms with Gasteiger partial charge in [0, 0.05) is 36.5 Å². The first-order valence-electron chi connectivity index (χ1n) is 9.24. The molecule has 1 saturated heterocycles. The Bertz CT molecular complexity index is 921. The SMILES string of the molecule is COc1ccncc1C(C)(O)C1CC2(C1)CN(c1cnc(C(F)(F)F)c(Cl)c1)C2. The third kappa shape index (κ3) is 3.42. The van der Waals surface area contributed by atoms with Crippen LogP contribution in [0.4, 0.5) is 18.9 Å². The van der Waals surface area contributed by atoms with Crippen LogP contribution in [0.15, 0.2) is 30.7 Å². The zero-order valence-electron chi connectivity index (χ0n) is 16.0. The molecule has 29 heavy (non-hydrogen) atoms. The second kappa shape index (κ2) is 6.74. The van der Waals surface area contributed by atoms with Gasteiger partial charge in [-0.3, -0.25) is 4.98 Å². The van der Waals surface area contributed by atoms with E-state index < -0.39 is 22.5 Å². The number of methoxy groups -OCH3 is 1. The normalized spacial score (nSPS) is 20.7. The Balaban J connectivity index is 1.41. The number of ether oxygens (including phenoxy) is 1. The van der Waals surface area contributed by atoms with Crippen molar-refractivity contribution in [1.29, 1.82) is 0 Å². The lowest BCUT2D eigenvalue weighted by Gasteiger charge is -2.62. The molecule has 1 aliphatic carbocycles. The summed E-state index contributed by atoms with van der Waals surface area (Å²) in [4.78, 5) is 9.57. The summed E-state index contributed by atoms with van der Waals surface area (Å²) >= 11 is 5.78. The highest BCUT2D eigenvalue weighted by Crippen LogP contribution is 2.58. The minimum atomic E-state index is -4.56. The molecule has 0 amide bonds. The molecule has 1 atom stereocenters. The summed E-state index contributed by atoms with van der Waals surface area (Å²) in [7, 11) is 1.56. The van der Waals surface area contributed by atoms with Crippen molar-refractivity contribution < 1.29 is 23.0 Å². The van der Waals surface area contributed by atoms with E-state index in [4.69, 9.17) is 16.3 Å². The largest absolute Gasteiger partial charge is 0.496 e. The average molecular weight is 428 g/mol. The van der Waals surface area contributed by atoms with Crippen LogP contribution < -0.4 is 9.64 Å². The number of rotatable bonds is 4. The Morgan fingerprint density at radius 1 is 1.28 bits per heavy atom. The van der Waals surface area contributed by atoms with Gasteiger partial charge in [-0.25, -0.2) is 4.98 Å². The maximum atomic E-state index is 12.8. The minimum absolute atomic E-state index is 0.0528. The quantitative estimate of drug-likeness (QED) is 0.789. The maximum absolute atomic E-state index is 12.8. The lowest BCUT2D eigenvalue weighted by Crippen LogP contribution is -2.65. The van der Waals surface area contributed by atoms with Crippen LogP contribution in [0.3, 0.4) is 0 Å². The smallest absolute Gasteiger partial charge is 0.434 e. The van der Waals surface area contributed by atoms with Gasteiger partial charge in [0.05, 0.1) is 29.6 Å². The van der Waals surface area contributed by atoms with Gasteiger partial charge in [-0.15, -0.1) is 0 Å². The van der Waals surface area contributed by atoms with Crippen LogP contribution in [-0.4, -0.2) is 35.3 Å². The molecule has 0 aromatic carbocycles. The lowest BCUT2D eigenvalue weighted by molar-refractivity contribution is -0.141. The van der Waals surface area contributed by atoms with E-state index in [9.17, 15) is 18.3 Å². The second-order valence-corrected chi connectivity index (χ2v) is 8.61. The van der Waals surface area contributed by atoms with Crippen LogP contribution in [0.2, 0.25) is 5.02 Å². The van der Waals surface area contributed by atoms with Gasteiger partial charge in [0.2, 0.25) is 0 Å². The molecule has 1 N–H and O–H groups in total. The van der Waals surface area contributed by atoms with Crippen LogP contribution in [0.5, 0.6) is 5.75 Å². The van der Waals surface area contributed by atoms with Crippen molar-refractivity contribution in [2.45, 2.75) is 31.5 Å². The van der Waals surface area contributed by atoms with Gasteiger partial charge in [0.25, 0.3) is 0 Å². The number of hydrogen-bond donors (Lipinski definition) is 1. The number of aliphatic hydroxyl groups is 1. The van der Waals surface area contributed by atoms with Crippen molar-refractivity contribution in [1.82, 2.24) is 9.97 Å².